The van der Waals surface area contributed by atoms with Gasteiger partial charge in [0.1, 0.15) is 0 Å². The molecule has 3 aliphatic rings. The van der Waals surface area contributed by atoms with Crippen LogP contribution in [0.1, 0.15) is 58.8 Å². The van der Waals surface area contributed by atoms with E-state index in [1.807, 2.05) is 11.8 Å². The molecule has 142 valence electrons. The normalized spacial score (nSPS) is 27.4. The molecule has 2 amide bonds. The van der Waals surface area contributed by atoms with Crippen LogP contribution in [-0.4, -0.2) is 59.3 Å². The number of carbonyl (C=O) groups is 2. The molecule has 2 heterocycles. The van der Waals surface area contributed by atoms with E-state index in [0.717, 1.165) is 63.5 Å². The first kappa shape index (κ1) is 19.1. The number of hydrogen-bond acceptors (Lipinski definition) is 3. The largest absolute Gasteiger partial charge is 0.342 e. The van der Waals surface area contributed by atoms with Gasteiger partial charge in [0.25, 0.3) is 0 Å². The molecular formula is C20H34N2O2S. The van der Waals surface area contributed by atoms with Gasteiger partial charge in [-0.25, -0.2) is 0 Å². The number of carbonyl (C=O) groups excluding carboxylic acids is 2. The third-order valence-electron chi connectivity index (χ3n) is 6.01. The topological polar surface area (TPSA) is 40.6 Å². The van der Waals surface area contributed by atoms with Crippen LogP contribution in [-0.2, 0) is 9.59 Å². The highest BCUT2D eigenvalue weighted by molar-refractivity contribution is 7.99. The number of nitrogens with zero attached hydrogens (tertiary/aromatic N) is 2. The van der Waals surface area contributed by atoms with Gasteiger partial charge in [-0.2, -0.15) is 11.8 Å². The average molecular weight is 367 g/mol. The highest BCUT2D eigenvalue weighted by Crippen LogP contribution is 2.39. The van der Waals surface area contributed by atoms with Gasteiger partial charge in [-0.15, -0.1) is 0 Å². The fraction of sp³-hybridized carbons (Fsp3) is 0.900. The zero-order valence-electron chi connectivity index (χ0n) is 16.0. The first-order valence-corrected chi connectivity index (χ1v) is 11.3. The molecular weight excluding hydrogens is 332 g/mol. The van der Waals surface area contributed by atoms with Crippen molar-refractivity contribution in [3.8, 4) is 0 Å². The monoisotopic (exact) mass is 366 g/mol. The molecule has 1 aliphatic carbocycles. The molecule has 3 fully saturated rings. The van der Waals surface area contributed by atoms with Crippen LogP contribution in [0.5, 0.6) is 0 Å². The van der Waals surface area contributed by atoms with E-state index in [1.165, 1.54) is 12.8 Å². The van der Waals surface area contributed by atoms with Crippen molar-refractivity contribution in [2.24, 2.45) is 17.3 Å². The van der Waals surface area contributed by atoms with E-state index in [1.54, 1.807) is 0 Å². The van der Waals surface area contributed by atoms with E-state index in [0.29, 0.717) is 29.9 Å². The quantitative estimate of drug-likeness (QED) is 0.693. The summed E-state index contributed by atoms with van der Waals surface area (Å²) in [7, 11) is 0. The minimum Gasteiger partial charge on any atom is -0.342 e. The average Bonchev–Trinajstić information content (AvgIpc) is 3.40. The summed E-state index contributed by atoms with van der Waals surface area (Å²) in [6.07, 6.45) is 7.66. The standard InChI is InChI=1S/C20H34N2O2S/c1-16(2)7-11-22-15-20(9-6-18(22)23)8-3-10-21(14-20)19(24)13-25-12-17-4-5-17/h16-17H,3-15H2,1-2H3. The second-order valence-corrected chi connectivity index (χ2v) is 9.91. The number of likely N-dealkylation sites (tertiary alicyclic amines) is 2. The molecule has 2 aliphatic heterocycles. The van der Waals surface area contributed by atoms with Crippen LogP contribution in [0.3, 0.4) is 0 Å². The van der Waals surface area contributed by atoms with Crippen LogP contribution >= 0.6 is 11.8 Å². The maximum atomic E-state index is 12.6. The van der Waals surface area contributed by atoms with Gasteiger partial charge < -0.3 is 9.80 Å². The molecule has 2 saturated heterocycles. The Labute approximate surface area is 157 Å². The van der Waals surface area contributed by atoms with E-state index >= 15 is 0 Å². The number of amides is 2. The Morgan fingerprint density at radius 1 is 1.28 bits per heavy atom. The molecule has 3 rings (SSSR count). The summed E-state index contributed by atoms with van der Waals surface area (Å²) < 4.78 is 0. The minimum atomic E-state index is 0.153. The fourth-order valence-corrected chi connectivity index (χ4v) is 5.30. The summed E-state index contributed by atoms with van der Waals surface area (Å²) in [5.41, 5.74) is 0.153. The Morgan fingerprint density at radius 2 is 2.08 bits per heavy atom. The Hall–Kier alpha value is -0.710. The van der Waals surface area contributed by atoms with Gasteiger partial charge in [-0.05, 0) is 56.1 Å². The van der Waals surface area contributed by atoms with Crippen molar-refractivity contribution >= 4 is 23.6 Å². The predicted octanol–water partition coefficient (Wildman–Crippen LogP) is 3.41. The molecule has 1 atom stereocenters. The lowest BCUT2D eigenvalue weighted by molar-refractivity contribution is -0.142. The van der Waals surface area contributed by atoms with Crippen molar-refractivity contribution in [1.82, 2.24) is 9.80 Å². The van der Waals surface area contributed by atoms with Crippen molar-refractivity contribution in [3.63, 3.8) is 0 Å². The maximum Gasteiger partial charge on any atom is 0.232 e. The molecule has 5 heteroatoms. The first-order chi connectivity index (χ1) is 12.0. The van der Waals surface area contributed by atoms with Gasteiger partial charge >= 0.3 is 0 Å². The van der Waals surface area contributed by atoms with Crippen molar-refractivity contribution in [2.75, 3.05) is 37.7 Å². The van der Waals surface area contributed by atoms with Crippen LogP contribution in [0.4, 0.5) is 0 Å². The summed E-state index contributed by atoms with van der Waals surface area (Å²) in [6, 6.07) is 0. The summed E-state index contributed by atoms with van der Waals surface area (Å²) >= 11 is 1.82. The highest BCUT2D eigenvalue weighted by atomic mass is 32.2. The Kier molecular flexibility index (Phi) is 6.35. The van der Waals surface area contributed by atoms with Crippen molar-refractivity contribution in [3.05, 3.63) is 0 Å². The van der Waals surface area contributed by atoms with Gasteiger partial charge in [0.2, 0.25) is 11.8 Å². The number of piperidine rings is 2. The van der Waals surface area contributed by atoms with Crippen molar-refractivity contribution < 1.29 is 9.59 Å². The summed E-state index contributed by atoms with van der Waals surface area (Å²) in [6.45, 7) is 7.93. The van der Waals surface area contributed by atoms with Gasteiger partial charge in [0.15, 0.2) is 0 Å². The molecule has 0 radical (unpaired) electrons. The van der Waals surface area contributed by atoms with E-state index < -0.39 is 0 Å². The predicted molar refractivity (Wildman–Crippen MR) is 104 cm³/mol. The summed E-state index contributed by atoms with van der Waals surface area (Å²) in [4.78, 5) is 29.1. The molecule has 1 saturated carbocycles. The van der Waals surface area contributed by atoms with Gasteiger partial charge in [-0.1, -0.05) is 13.8 Å². The van der Waals surface area contributed by atoms with Gasteiger partial charge in [0.05, 0.1) is 5.75 Å². The SMILES string of the molecule is CC(C)CCN1CC2(CCCN(C(=O)CSCC3CC3)C2)CCC1=O. The summed E-state index contributed by atoms with van der Waals surface area (Å²) in [5.74, 6) is 3.93. The molecule has 25 heavy (non-hydrogen) atoms. The van der Waals surface area contributed by atoms with Crippen LogP contribution < -0.4 is 0 Å². The zero-order valence-corrected chi connectivity index (χ0v) is 16.8. The van der Waals surface area contributed by atoms with E-state index in [2.05, 4.69) is 23.6 Å². The van der Waals surface area contributed by atoms with E-state index in [9.17, 15) is 9.59 Å². The number of thioether (sulfide) groups is 1. The maximum absolute atomic E-state index is 12.6. The van der Waals surface area contributed by atoms with Crippen molar-refractivity contribution in [2.45, 2.75) is 58.8 Å². The van der Waals surface area contributed by atoms with Gasteiger partial charge in [0, 0.05) is 38.0 Å². The Morgan fingerprint density at radius 3 is 2.80 bits per heavy atom. The molecule has 4 nitrogen and oxygen atoms in total. The van der Waals surface area contributed by atoms with Crippen molar-refractivity contribution in [1.29, 1.82) is 0 Å². The summed E-state index contributed by atoms with van der Waals surface area (Å²) in [5, 5.41) is 0. The number of hydrogen-bond donors (Lipinski definition) is 0. The first-order valence-electron chi connectivity index (χ1n) is 10.1. The molecule has 0 aromatic rings. The van der Waals surface area contributed by atoms with Gasteiger partial charge in [-0.3, -0.25) is 9.59 Å². The fourth-order valence-electron chi connectivity index (χ4n) is 4.16. The Bertz CT molecular complexity index is 492. The molecule has 0 aromatic carbocycles. The third-order valence-corrected chi connectivity index (χ3v) is 7.17. The van der Waals surface area contributed by atoms with Crippen LogP contribution in [0.2, 0.25) is 0 Å². The Balaban J connectivity index is 1.52. The lowest BCUT2D eigenvalue weighted by Crippen LogP contribution is -2.55. The third kappa shape index (κ3) is 5.38. The van der Waals surface area contributed by atoms with E-state index in [-0.39, 0.29) is 5.41 Å². The lowest BCUT2D eigenvalue weighted by atomic mass is 9.73. The highest BCUT2D eigenvalue weighted by Gasteiger charge is 2.42. The van der Waals surface area contributed by atoms with Crippen LogP contribution in [0.25, 0.3) is 0 Å². The second kappa shape index (κ2) is 8.32. The minimum absolute atomic E-state index is 0.153. The molecule has 0 aromatic heterocycles. The zero-order chi connectivity index (χ0) is 17.9. The lowest BCUT2D eigenvalue weighted by Gasteiger charge is -2.48. The van der Waals surface area contributed by atoms with Crippen LogP contribution in [0.15, 0.2) is 0 Å². The van der Waals surface area contributed by atoms with E-state index in [4.69, 9.17) is 0 Å². The molecule has 1 spiro atoms. The molecule has 0 N–H and O–H groups in total. The molecule has 1 unspecified atom stereocenters. The number of rotatable bonds is 7. The van der Waals surface area contributed by atoms with Crippen LogP contribution in [0, 0.1) is 17.3 Å². The molecule has 0 bridgehead atoms. The second-order valence-electron chi connectivity index (χ2n) is 8.88. The smallest absolute Gasteiger partial charge is 0.232 e.